The minimum atomic E-state index is -4.08. The first-order chi connectivity index (χ1) is 7.92. The van der Waals surface area contributed by atoms with Crippen LogP contribution in [0.3, 0.4) is 0 Å². The largest absolute Gasteiger partial charge is 0.397 e. The predicted octanol–water partition coefficient (Wildman–Crippen LogP) is 3.35. The Bertz CT molecular complexity index is 406. The van der Waals surface area contributed by atoms with Crippen LogP contribution in [0.25, 0.3) is 0 Å². The average molecular weight is 263 g/mol. The van der Waals surface area contributed by atoms with Crippen LogP contribution in [0.1, 0.15) is 24.1 Å². The first-order valence-electron chi connectivity index (χ1n) is 5.02. The Morgan fingerprint density at radius 2 is 2.12 bits per heavy atom. The van der Waals surface area contributed by atoms with E-state index < -0.39 is 12.6 Å². The number of halogens is 3. The van der Waals surface area contributed by atoms with Crippen molar-refractivity contribution in [1.82, 2.24) is 0 Å². The van der Waals surface area contributed by atoms with Crippen molar-refractivity contribution in [2.45, 2.75) is 25.4 Å². The predicted molar refractivity (Wildman–Crippen MR) is 61.8 cm³/mol. The molecule has 0 atom stereocenters. The minimum Gasteiger partial charge on any atom is -0.397 e. The number of nitrogen functional groups attached to an aromatic ring is 1. The summed E-state index contributed by atoms with van der Waals surface area (Å²) in [6.45, 7) is 0.445. The van der Waals surface area contributed by atoms with E-state index in [4.69, 9.17) is 11.0 Å². The van der Waals surface area contributed by atoms with Crippen molar-refractivity contribution in [3.8, 4) is 6.07 Å². The molecule has 0 bridgehead atoms. The molecular weight excluding hydrogens is 251 g/mol. The molecule has 0 fully saturated rings. The first-order valence-corrected chi connectivity index (χ1v) is 5.84. The van der Waals surface area contributed by atoms with Crippen LogP contribution in [0.2, 0.25) is 0 Å². The second-order valence-electron chi connectivity index (χ2n) is 3.51. The fourth-order valence-electron chi connectivity index (χ4n) is 1.24. The molecule has 0 aliphatic heterocycles. The number of alkyl halides is 3. The van der Waals surface area contributed by atoms with Crippen LogP contribution in [-0.4, -0.2) is 12.7 Å². The summed E-state index contributed by atoms with van der Waals surface area (Å²) in [5, 5.41) is 12.3. The van der Waals surface area contributed by atoms with Crippen molar-refractivity contribution in [3.05, 3.63) is 10.9 Å². The number of thiophene rings is 1. The number of anilines is 2. The van der Waals surface area contributed by atoms with Crippen LogP contribution >= 0.6 is 11.3 Å². The molecule has 0 unspecified atom stereocenters. The summed E-state index contributed by atoms with van der Waals surface area (Å²) in [5.41, 5.74) is 5.94. The van der Waals surface area contributed by atoms with Gasteiger partial charge in [-0.05, 0) is 18.9 Å². The minimum absolute atomic E-state index is 0.0997. The maximum Gasteiger partial charge on any atom is 0.389 e. The maximum atomic E-state index is 11.8. The highest BCUT2D eigenvalue weighted by Gasteiger charge is 2.25. The van der Waals surface area contributed by atoms with Crippen LogP contribution < -0.4 is 11.1 Å². The third kappa shape index (κ3) is 4.95. The molecule has 1 aromatic rings. The molecule has 7 heteroatoms. The Kier molecular flexibility index (Phi) is 4.63. The third-order valence-corrected chi connectivity index (χ3v) is 3.06. The lowest BCUT2D eigenvalue weighted by molar-refractivity contribution is -0.135. The molecule has 1 heterocycles. The van der Waals surface area contributed by atoms with Gasteiger partial charge in [0.25, 0.3) is 0 Å². The topological polar surface area (TPSA) is 61.8 Å². The summed E-state index contributed by atoms with van der Waals surface area (Å²) < 4.78 is 35.5. The van der Waals surface area contributed by atoms with Crippen LogP contribution in [0, 0.1) is 11.3 Å². The Labute approximate surface area is 101 Å². The number of nitrogens with zero attached hydrogens (tertiary/aromatic N) is 1. The van der Waals surface area contributed by atoms with Gasteiger partial charge in [-0.3, -0.25) is 0 Å². The van der Waals surface area contributed by atoms with Crippen LogP contribution in [0.15, 0.2) is 6.07 Å². The zero-order valence-corrected chi connectivity index (χ0v) is 9.79. The number of rotatable bonds is 5. The number of nitrogens with one attached hydrogen (secondary N) is 1. The smallest absolute Gasteiger partial charge is 0.389 e. The lowest BCUT2D eigenvalue weighted by atomic mass is 10.2. The molecule has 1 rings (SSSR count). The van der Waals surface area contributed by atoms with Gasteiger partial charge in [-0.15, -0.1) is 11.3 Å². The van der Waals surface area contributed by atoms with Crippen molar-refractivity contribution in [2.24, 2.45) is 0 Å². The van der Waals surface area contributed by atoms with Gasteiger partial charge in [-0.25, -0.2) is 0 Å². The fraction of sp³-hybridized carbons (Fsp3) is 0.500. The number of unbranched alkanes of at least 4 members (excludes halogenated alkanes) is 1. The monoisotopic (exact) mass is 263 g/mol. The van der Waals surface area contributed by atoms with Crippen molar-refractivity contribution in [3.63, 3.8) is 0 Å². The van der Waals surface area contributed by atoms with Crippen molar-refractivity contribution >= 4 is 22.0 Å². The summed E-state index contributed by atoms with van der Waals surface area (Å²) >= 11 is 1.20. The van der Waals surface area contributed by atoms with Gasteiger partial charge in [0.1, 0.15) is 10.9 Å². The highest BCUT2D eigenvalue weighted by Crippen LogP contribution is 2.28. The van der Waals surface area contributed by atoms with Gasteiger partial charge in [0.05, 0.1) is 10.7 Å². The Morgan fingerprint density at radius 3 is 2.65 bits per heavy atom. The van der Waals surface area contributed by atoms with E-state index in [1.54, 1.807) is 6.07 Å². The molecule has 94 valence electrons. The lowest BCUT2D eigenvalue weighted by Gasteiger charge is -2.06. The van der Waals surface area contributed by atoms with E-state index >= 15 is 0 Å². The Morgan fingerprint density at radius 1 is 1.41 bits per heavy atom. The van der Waals surface area contributed by atoms with Gasteiger partial charge in [0, 0.05) is 13.0 Å². The zero-order chi connectivity index (χ0) is 12.9. The van der Waals surface area contributed by atoms with E-state index in [1.807, 2.05) is 6.07 Å². The molecule has 3 N–H and O–H groups in total. The third-order valence-electron chi connectivity index (χ3n) is 2.05. The molecule has 0 aliphatic carbocycles. The van der Waals surface area contributed by atoms with E-state index in [9.17, 15) is 13.2 Å². The fourth-order valence-corrected chi connectivity index (χ4v) is 2.04. The van der Waals surface area contributed by atoms with E-state index in [0.717, 1.165) is 0 Å². The van der Waals surface area contributed by atoms with Crippen molar-refractivity contribution < 1.29 is 13.2 Å². The number of nitrogens with two attached hydrogens (primary N) is 1. The van der Waals surface area contributed by atoms with Crippen molar-refractivity contribution in [2.75, 3.05) is 17.6 Å². The quantitative estimate of drug-likeness (QED) is 0.801. The molecule has 0 radical (unpaired) electrons. The molecule has 3 nitrogen and oxygen atoms in total. The van der Waals surface area contributed by atoms with E-state index in [0.29, 0.717) is 28.5 Å². The highest BCUT2D eigenvalue weighted by atomic mass is 32.1. The Hall–Kier alpha value is -1.42. The van der Waals surface area contributed by atoms with Gasteiger partial charge < -0.3 is 11.1 Å². The van der Waals surface area contributed by atoms with Gasteiger partial charge in [0.15, 0.2) is 0 Å². The molecule has 0 saturated carbocycles. The standard InChI is InChI=1S/C10H12F3N3S/c11-10(12,13)3-1-2-4-16-9-5-7(15)8(6-14)17-9/h5,16H,1-4,15H2. The number of hydrogen-bond acceptors (Lipinski definition) is 4. The lowest BCUT2D eigenvalue weighted by Crippen LogP contribution is -2.08. The molecular formula is C10H12F3N3S. The number of nitriles is 1. The summed E-state index contributed by atoms with van der Waals surface area (Å²) in [6.07, 6.45) is -4.31. The summed E-state index contributed by atoms with van der Waals surface area (Å²) in [5.74, 6) is 0. The van der Waals surface area contributed by atoms with Crippen LogP contribution in [-0.2, 0) is 0 Å². The number of hydrogen-bond donors (Lipinski definition) is 2. The summed E-state index contributed by atoms with van der Waals surface area (Å²) in [4.78, 5) is 0.419. The van der Waals surface area contributed by atoms with Gasteiger partial charge in [0.2, 0.25) is 0 Å². The maximum absolute atomic E-state index is 11.8. The molecule has 0 aliphatic rings. The molecule has 0 spiro atoms. The van der Waals surface area contributed by atoms with E-state index in [1.165, 1.54) is 11.3 Å². The molecule has 0 amide bonds. The van der Waals surface area contributed by atoms with Gasteiger partial charge in [-0.2, -0.15) is 18.4 Å². The van der Waals surface area contributed by atoms with Crippen LogP contribution in [0.5, 0.6) is 0 Å². The first kappa shape index (κ1) is 13.6. The van der Waals surface area contributed by atoms with Gasteiger partial charge in [-0.1, -0.05) is 0 Å². The average Bonchev–Trinajstić information content (AvgIpc) is 2.57. The van der Waals surface area contributed by atoms with Crippen LogP contribution in [0.4, 0.5) is 23.9 Å². The second kappa shape index (κ2) is 5.77. The molecule has 17 heavy (non-hydrogen) atoms. The molecule has 0 aromatic carbocycles. The molecule has 1 aromatic heterocycles. The van der Waals surface area contributed by atoms with Crippen molar-refractivity contribution in [1.29, 1.82) is 5.26 Å². The normalized spacial score (nSPS) is 11.2. The van der Waals surface area contributed by atoms with E-state index in [2.05, 4.69) is 5.32 Å². The summed E-state index contributed by atoms with van der Waals surface area (Å²) in [7, 11) is 0. The van der Waals surface area contributed by atoms with E-state index in [-0.39, 0.29) is 6.42 Å². The van der Waals surface area contributed by atoms with Gasteiger partial charge >= 0.3 is 6.18 Å². The zero-order valence-electron chi connectivity index (χ0n) is 8.97. The summed E-state index contributed by atoms with van der Waals surface area (Å²) in [6, 6.07) is 3.56. The SMILES string of the molecule is N#Cc1sc(NCCCCC(F)(F)F)cc1N. The highest BCUT2D eigenvalue weighted by molar-refractivity contribution is 7.17. The molecule has 0 saturated heterocycles. The second-order valence-corrected chi connectivity index (χ2v) is 4.56. The Balaban J connectivity index is 2.25.